The summed E-state index contributed by atoms with van der Waals surface area (Å²) in [6.45, 7) is 3.00. The first kappa shape index (κ1) is 18.2. The van der Waals surface area contributed by atoms with Gasteiger partial charge in [-0.05, 0) is 68.5 Å². The van der Waals surface area contributed by atoms with E-state index in [4.69, 9.17) is 21.6 Å². The lowest BCUT2D eigenvalue weighted by Crippen LogP contribution is -2.19. The topological polar surface area (TPSA) is 49.8 Å². The molecule has 0 atom stereocenters. The van der Waals surface area contributed by atoms with Crippen LogP contribution in [0.1, 0.15) is 36.6 Å². The lowest BCUT2D eigenvalue weighted by atomic mass is 9.95. The van der Waals surface area contributed by atoms with Gasteiger partial charge in [-0.2, -0.15) is 0 Å². The van der Waals surface area contributed by atoms with Crippen LogP contribution < -0.4 is 10.6 Å². The largest absolute Gasteiger partial charge is 0.381 e. The Balaban J connectivity index is 1.61. The lowest BCUT2D eigenvalue weighted by Gasteiger charge is -2.26. The van der Waals surface area contributed by atoms with Crippen LogP contribution in [0.5, 0.6) is 0 Å². The minimum absolute atomic E-state index is 0.720. The van der Waals surface area contributed by atoms with Crippen LogP contribution in [0, 0.1) is 0 Å². The highest BCUT2D eigenvalue weighted by atomic mass is 35.5. The van der Waals surface area contributed by atoms with Crippen molar-refractivity contribution < 1.29 is 0 Å². The van der Waals surface area contributed by atoms with Gasteiger partial charge in [-0.15, -0.1) is 0 Å². The number of anilines is 2. The van der Waals surface area contributed by atoms with E-state index in [9.17, 15) is 0 Å². The first-order valence-electron chi connectivity index (χ1n) is 10.1. The zero-order chi connectivity index (χ0) is 19.8. The quantitative estimate of drug-likeness (QED) is 0.568. The Morgan fingerprint density at radius 1 is 0.966 bits per heavy atom. The third-order valence-electron chi connectivity index (χ3n) is 5.70. The van der Waals surface area contributed by atoms with Gasteiger partial charge in [0.2, 0.25) is 0 Å². The molecule has 5 heteroatoms. The molecule has 2 aromatic carbocycles. The van der Waals surface area contributed by atoms with Gasteiger partial charge in [0, 0.05) is 45.3 Å². The van der Waals surface area contributed by atoms with Crippen molar-refractivity contribution in [2.75, 3.05) is 17.2 Å². The van der Waals surface area contributed by atoms with Crippen molar-refractivity contribution in [1.29, 1.82) is 0 Å². The SMILES string of the molecule is CC1=C(Nc2nc(-c3ccc(Cl)cc3)nc3c2CCCC3)c2ccccc2NC1. The van der Waals surface area contributed by atoms with Crippen molar-refractivity contribution in [3.63, 3.8) is 0 Å². The molecular weight excluding hydrogens is 380 g/mol. The molecule has 2 N–H and O–H groups in total. The highest BCUT2D eigenvalue weighted by molar-refractivity contribution is 6.30. The third-order valence-corrected chi connectivity index (χ3v) is 5.95. The highest BCUT2D eigenvalue weighted by Gasteiger charge is 2.22. The van der Waals surface area contributed by atoms with Crippen LogP contribution in [0.3, 0.4) is 0 Å². The number of aryl methyl sites for hydroxylation is 1. The molecule has 0 radical (unpaired) electrons. The molecule has 3 aromatic rings. The number of fused-ring (bicyclic) bond motifs is 2. The van der Waals surface area contributed by atoms with Crippen LogP contribution in [0.4, 0.5) is 11.5 Å². The van der Waals surface area contributed by atoms with Gasteiger partial charge in [0.05, 0.1) is 0 Å². The maximum absolute atomic E-state index is 6.07. The van der Waals surface area contributed by atoms with Gasteiger partial charge in [-0.25, -0.2) is 9.97 Å². The predicted molar refractivity (Wildman–Crippen MR) is 120 cm³/mol. The number of nitrogens with zero attached hydrogens (tertiary/aromatic N) is 2. The van der Waals surface area contributed by atoms with E-state index in [0.717, 1.165) is 53.0 Å². The van der Waals surface area contributed by atoms with E-state index in [1.54, 1.807) is 0 Å². The molecule has 0 spiro atoms. The van der Waals surface area contributed by atoms with Gasteiger partial charge in [-0.1, -0.05) is 29.8 Å². The molecule has 0 bridgehead atoms. The van der Waals surface area contributed by atoms with Crippen LogP contribution in [0.2, 0.25) is 5.02 Å². The van der Waals surface area contributed by atoms with E-state index in [1.165, 1.54) is 35.2 Å². The van der Waals surface area contributed by atoms with Gasteiger partial charge < -0.3 is 10.6 Å². The second kappa shape index (κ2) is 7.53. The average molecular weight is 403 g/mol. The number of hydrogen-bond acceptors (Lipinski definition) is 4. The molecule has 4 nitrogen and oxygen atoms in total. The minimum Gasteiger partial charge on any atom is -0.381 e. The summed E-state index contributed by atoms with van der Waals surface area (Å²) in [7, 11) is 0. The van der Waals surface area contributed by atoms with Gasteiger partial charge in [0.15, 0.2) is 5.82 Å². The number of hydrogen-bond donors (Lipinski definition) is 2. The standard InChI is InChI=1S/C24H23ClN4/c1-15-14-26-20-8-4-2-6-18(20)22(15)28-24-19-7-3-5-9-21(19)27-23(29-24)16-10-12-17(25)13-11-16/h2,4,6,8,10-13,26H,3,5,7,9,14H2,1H3,(H,27,28,29). The maximum Gasteiger partial charge on any atom is 0.161 e. The number of para-hydroxylation sites is 1. The monoisotopic (exact) mass is 402 g/mol. The molecule has 2 heterocycles. The summed E-state index contributed by atoms with van der Waals surface area (Å²) in [5.74, 6) is 1.69. The van der Waals surface area contributed by atoms with Gasteiger partial charge in [-0.3, -0.25) is 0 Å². The zero-order valence-electron chi connectivity index (χ0n) is 16.4. The summed E-state index contributed by atoms with van der Waals surface area (Å²) >= 11 is 6.07. The molecule has 0 fully saturated rings. The Labute approximate surface area is 176 Å². The number of halogens is 1. The van der Waals surface area contributed by atoms with Crippen LogP contribution in [-0.4, -0.2) is 16.5 Å². The third kappa shape index (κ3) is 3.49. The molecule has 0 saturated carbocycles. The summed E-state index contributed by atoms with van der Waals surface area (Å²) in [5, 5.41) is 7.91. The van der Waals surface area contributed by atoms with Crippen molar-refractivity contribution in [2.45, 2.75) is 32.6 Å². The average Bonchev–Trinajstić information content (AvgIpc) is 2.76. The van der Waals surface area contributed by atoms with Gasteiger partial charge in [0.1, 0.15) is 5.82 Å². The normalized spacial score (nSPS) is 15.4. The second-order valence-electron chi connectivity index (χ2n) is 7.71. The van der Waals surface area contributed by atoms with E-state index in [2.05, 4.69) is 41.8 Å². The van der Waals surface area contributed by atoms with E-state index in [0.29, 0.717) is 0 Å². The van der Waals surface area contributed by atoms with Crippen molar-refractivity contribution in [2.24, 2.45) is 0 Å². The van der Waals surface area contributed by atoms with Crippen LogP contribution >= 0.6 is 11.6 Å². The summed E-state index contributed by atoms with van der Waals surface area (Å²) in [6.07, 6.45) is 4.38. The minimum atomic E-state index is 0.720. The molecule has 2 aliphatic rings. The Hall–Kier alpha value is -2.85. The Morgan fingerprint density at radius 2 is 1.76 bits per heavy atom. The molecule has 0 saturated heterocycles. The van der Waals surface area contributed by atoms with Crippen LogP contribution in [-0.2, 0) is 12.8 Å². The Morgan fingerprint density at radius 3 is 2.62 bits per heavy atom. The fraction of sp³-hybridized carbons (Fsp3) is 0.250. The second-order valence-corrected chi connectivity index (χ2v) is 8.15. The molecule has 1 aliphatic carbocycles. The van der Waals surface area contributed by atoms with Crippen molar-refractivity contribution >= 4 is 28.8 Å². The number of nitrogens with one attached hydrogen (secondary N) is 2. The molecule has 146 valence electrons. The fourth-order valence-electron chi connectivity index (χ4n) is 4.12. The van der Waals surface area contributed by atoms with Crippen LogP contribution in [0.15, 0.2) is 54.1 Å². The first-order valence-corrected chi connectivity index (χ1v) is 10.5. The lowest BCUT2D eigenvalue weighted by molar-refractivity contribution is 0.665. The van der Waals surface area contributed by atoms with E-state index in [1.807, 2.05) is 24.3 Å². The molecule has 29 heavy (non-hydrogen) atoms. The van der Waals surface area contributed by atoms with E-state index >= 15 is 0 Å². The summed E-state index contributed by atoms with van der Waals surface area (Å²) < 4.78 is 0. The summed E-state index contributed by atoms with van der Waals surface area (Å²) in [4.78, 5) is 9.88. The predicted octanol–water partition coefficient (Wildman–Crippen LogP) is 5.94. The first-order chi connectivity index (χ1) is 14.2. The Bertz CT molecular complexity index is 1100. The van der Waals surface area contributed by atoms with Gasteiger partial charge >= 0.3 is 0 Å². The smallest absolute Gasteiger partial charge is 0.161 e. The zero-order valence-corrected chi connectivity index (χ0v) is 17.2. The number of aromatic nitrogens is 2. The molecule has 0 unspecified atom stereocenters. The molecule has 1 aliphatic heterocycles. The Kier molecular flexibility index (Phi) is 4.72. The maximum atomic E-state index is 6.07. The molecular formula is C24H23ClN4. The highest BCUT2D eigenvalue weighted by Crippen LogP contribution is 2.35. The number of rotatable bonds is 3. The van der Waals surface area contributed by atoms with Crippen molar-refractivity contribution in [1.82, 2.24) is 9.97 Å². The molecule has 0 amide bonds. The number of benzene rings is 2. The fourth-order valence-corrected chi connectivity index (χ4v) is 4.25. The van der Waals surface area contributed by atoms with E-state index < -0.39 is 0 Å². The summed E-state index contributed by atoms with van der Waals surface area (Å²) in [5.41, 5.74) is 8.17. The van der Waals surface area contributed by atoms with Gasteiger partial charge in [0.25, 0.3) is 0 Å². The van der Waals surface area contributed by atoms with Crippen molar-refractivity contribution in [3.05, 3.63) is 75.9 Å². The van der Waals surface area contributed by atoms with Crippen LogP contribution in [0.25, 0.3) is 17.1 Å². The van der Waals surface area contributed by atoms with Crippen molar-refractivity contribution in [3.8, 4) is 11.4 Å². The summed E-state index contributed by atoms with van der Waals surface area (Å²) in [6, 6.07) is 16.2. The molecule has 1 aromatic heterocycles. The van der Waals surface area contributed by atoms with E-state index in [-0.39, 0.29) is 0 Å². The molecule has 5 rings (SSSR count).